The molecule has 1 saturated heterocycles. The summed E-state index contributed by atoms with van der Waals surface area (Å²) >= 11 is 0. The summed E-state index contributed by atoms with van der Waals surface area (Å²) in [4.78, 5) is 18.0. The second-order valence-corrected chi connectivity index (χ2v) is 8.03. The lowest BCUT2D eigenvalue weighted by atomic mass is 9.89. The lowest BCUT2D eigenvalue weighted by Crippen LogP contribution is -2.45. The van der Waals surface area contributed by atoms with Crippen LogP contribution in [0.25, 0.3) is 0 Å². The summed E-state index contributed by atoms with van der Waals surface area (Å²) in [5, 5.41) is 6.99. The van der Waals surface area contributed by atoms with Gasteiger partial charge in [0, 0.05) is 39.5 Å². The molecule has 7 heteroatoms. The smallest absolute Gasteiger partial charge is 0.243 e. The normalized spacial score (nSPS) is 26.2. The van der Waals surface area contributed by atoms with E-state index >= 15 is 0 Å². The van der Waals surface area contributed by atoms with Gasteiger partial charge in [0.05, 0.1) is 13.2 Å². The maximum atomic E-state index is 11.9. The largest absolute Gasteiger partial charge is 0.356 e. The summed E-state index contributed by atoms with van der Waals surface area (Å²) in [5.41, 5.74) is 0. The van der Waals surface area contributed by atoms with Gasteiger partial charge in [0.15, 0.2) is 11.7 Å². The lowest BCUT2D eigenvalue weighted by molar-refractivity contribution is -0.151. The Labute approximate surface area is 156 Å². The van der Waals surface area contributed by atoms with E-state index in [0.29, 0.717) is 19.1 Å². The highest BCUT2D eigenvalue weighted by atomic mass is 16.7. The van der Waals surface area contributed by atoms with E-state index in [0.717, 1.165) is 31.8 Å². The van der Waals surface area contributed by atoms with Crippen molar-refractivity contribution in [1.29, 1.82) is 0 Å². The maximum absolute atomic E-state index is 11.9. The number of rotatable bonds is 5. The molecule has 3 aliphatic rings. The highest BCUT2D eigenvalue weighted by Crippen LogP contribution is 2.37. The summed E-state index contributed by atoms with van der Waals surface area (Å²) < 4.78 is 11.6. The first kappa shape index (κ1) is 19.4. The molecule has 1 amide bonds. The molecule has 26 heavy (non-hydrogen) atoms. The van der Waals surface area contributed by atoms with Crippen molar-refractivity contribution in [1.82, 2.24) is 15.5 Å². The van der Waals surface area contributed by atoms with Crippen LogP contribution in [0.3, 0.4) is 0 Å². The average Bonchev–Trinajstić information content (AvgIpc) is 3.27. The maximum Gasteiger partial charge on any atom is 0.243 e. The molecule has 2 N–H and O–H groups in total. The van der Waals surface area contributed by atoms with Gasteiger partial charge in [0.25, 0.3) is 0 Å². The van der Waals surface area contributed by atoms with E-state index in [1.54, 1.807) is 19.0 Å². The van der Waals surface area contributed by atoms with E-state index < -0.39 is 5.79 Å². The number of nitrogens with zero attached hydrogens (tertiary/aromatic N) is 2. The molecule has 1 atom stereocenters. The van der Waals surface area contributed by atoms with Gasteiger partial charge in [-0.15, -0.1) is 0 Å². The van der Waals surface area contributed by atoms with E-state index in [1.165, 1.54) is 32.1 Å². The zero-order valence-corrected chi connectivity index (χ0v) is 16.3. The van der Waals surface area contributed by atoms with Gasteiger partial charge in [-0.05, 0) is 25.2 Å². The number of likely N-dealkylation sites (N-methyl/N-ethyl adjacent to an activating group) is 1. The van der Waals surface area contributed by atoms with Gasteiger partial charge >= 0.3 is 0 Å². The first-order valence-electron chi connectivity index (χ1n) is 10.1. The fourth-order valence-corrected chi connectivity index (χ4v) is 4.12. The molecule has 3 rings (SSSR count). The third-order valence-corrected chi connectivity index (χ3v) is 5.74. The van der Waals surface area contributed by atoms with Gasteiger partial charge < -0.3 is 25.0 Å². The lowest BCUT2D eigenvalue weighted by Gasteiger charge is -2.25. The zero-order chi connectivity index (χ0) is 18.4. The fourth-order valence-electron chi connectivity index (χ4n) is 4.12. The Balaban J connectivity index is 1.54. The Kier molecular flexibility index (Phi) is 6.75. The van der Waals surface area contributed by atoms with Crippen molar-refractivity contribution >= 4 is 11.9 Å². The third kappa shape index (κ3) is 5.33. The standard InChI is InChI=1S/C19H34N4O3/c1-23(2)17(24)14-21-18(20-13-15-6-4-3-5-7-15)22-16-8-9-19(12-16)25-10-11-26-19/h15-16H,3-14H2,1-2H3,(H2,20,21,22). The molecule has 2 aliphatic carbocycles. The predicted octanol–water partition coefficient (Wildman–Crippen LogP) is 1.49. The third-order valence-electron chi connectivity index (χ3n) is 5.74. The van der Waals surface area contributed by atoms with Gasteiger partial charge in [-0.1, -0.05) is 19.3 Å². The van der Waals surface area contributed by atoms with Crippen LogP contribution in [0, 0.1) is 5.92 Å². The molecule has 0 radical (unpaired) electrons. The molecule has 0 bridgehead atoms. The number of nitrogens with one attached hydrogen (secondary N) is 2. The van der Waals surface area contributed by atoms with Crippen LogP contribution in [0.1, 0.15) is 51.4 Å². The minimum absolute atomic E-state index is 0.00844. The van der Waals surface area contributed by atoms with Gasteiger partial charge in [-0.3, -0.25) is 4.79 Å². The molecular formula is C19H34N4O3. The molecule has 1 aliphatic heterocycles. The van der Waals surface area contributed by atoms with Crippen LogP contribution < -0.4 is 10.6 Å². The highest BCUT2D eigenvalue weighted by Gasteiger charge is 2.44. The van der Waals surface area contributed by atoms with Gasteiger partial charge in [-0.25, -0.2) is 4.99 Å². The Bertz CT molecular complexity index is 497. The van der Waals surface area contributed by atoms with Gasteiger partial charge in [0.1, 0.15) is 6.54 Å². The van der Waals surface area contributed by atoms with Crippen molar-refractivity contribution in [2.24, 2.45) is 10.9 Å². The molecule has 1 unspecified atom stereocenters. The van der Waals surface area contributed by atoms with Crippen molar-refractivity contribution in [2.45, 2.75) is 63.2 Å². The second kappa shape index (κ2) is 9.04. The quantitative estimate of drug-likeness (QED) is 0.569. The summed E-state index contributed by atoms with van der Waals surface area (Å²) in [6.07, 6.45) is 9.31. The number of guanidine groups is 1. The minimum atomic E-state index is -0.397. The van der Waals surface area contributed by atoms with Crippen LogP contribution >= 0.6 is 0 Å². The number of hydrogen-bond acceptors (Lipinski definition) is 4. The first-order valence-corrected chi connectivity index (χ1v) is 10.1. The number of ether oxygens (including phenoxy) is 2. The van der Waals surface area contributed by atoms with Crippen molar-refractivity contribution in [2.75, 3.05) is 40.4 Å². The summed E-state index contributed by atoms with van der Waals surface area (Å²) in [6, 6.07) is 0.264. The Morgan fingerprint density at radius 2 is 1.88 bits per heavy atom. The SMILES string of the molecule is CN(C)C(=O)CN=C(NCC1CCCCC1)NC1CCC2(C1)OCCO2. The molecule has 0 aromatic heterocycles. The summed E-state index contributed by atoms with van der Waals surface area (Å²) in [7, 11) is 3.52. The van der Waals surface area contributed by atoms with Crippen LogP contribution in [0.15, 0.2) is 4.99 Å². The number of amides is 1. The van der Waals surface area contributed by atoms with Crippen LogP contribution in [0.4, 0.5) is 0 Å². The minimum Gasteiger partial charge on any atom is -0.356 e. The van der Waals surface area contributed by atoms with Crippen molar-refractivity contribution < 1.29 is 14.3 Å². The van der Waals surface area contributed by atoms with E-state index in [4.69, 9.17) is 9.47 Å². The monoisotopic (exact) mass is 366 g/mol. The molecule has 0 aromatic rings. The molecule has 1 heterocycles. The molecular weight excluding hydrogens is 332 g/mol. The Morgan fingerprint density at radius 3 is 2.58 bits per heavy atom. The number of hydrogen-bond donors (Lipinski definition) is 2. The number of carbonyl (C=O) groups excluding carboxylic acids is 1. The Hall–Kier alpha value is -1.34. The second-order valence-electron chi connectivity index (χ2n) is 8.03. The van der Waals surface area contributed by atoms with Gasteiger partial charge in [-0.2, -0.15) is 0 Å². The molecule has 0 aromatic carbocycles. The molecule has 2 saturated carbocycles. The van der Waals surface area contributed by atoms with E-state index in [-0.39, 0.29) is 18.5 Å². The predicted molar refractivity (Wildman–Crippen MR) is 101 cm³/mol. The average molecular weight is 367 g/mol. The van der Waals surface area contributed by atoms with Crippen LogP contribution in [-0.4, -0.2) is 69.0 Å². The fraction of sp³-hybridized carbons (Fsp3) is 0.895. The highest BCUT2D eigenvalue weighted by molar-refractivity contribution is 5.85. The summed E-state index contributed by atoms with van der Waals surface area (Å²) in [6.45, 7) is 2.46. The van der Waals surface area contributed by atoms with Crippen molar-refractivity contribution in [3.63, 3.8) is 0 Å². The molecule has 7 nitrogen and oxygen atoms in total. The van der Waals surface area contributed by atoms with E-state index in [1.807, 2.05) is 0 Å². The van der Waals surface area contributed by atoms with Crippen molar-refractivity contribution in [3.05, 3.63) is 0 Å². The van der Waals surface area contributed by atoms with Crippen LogP contribution in [0.5, 0.6) is 0 Å². The summed E-state index contributed by atoms with van der Waals surface area (Å²) in [5.74, 6) is 1.06. The Morgan fingerprint density at radius 1 is 1.15 bits per heavy atom. The zero-order valence-electron chi connectivity index (χ0n) is 16.3. The number of aliphatic imine (C=N–C) groups is 1. The van der Waals surface area contributed by atoms with Crippen LogP contribution in [0.2, 0.25) is 0 Å². The van der Waals surface area contributed by atoms with Gasteiger partial charge in [0.2, 0.25) is 5.91 Å². The topological polar surface area (TPSA) is 75.2 Å². The molecule has 1 spiro atoms. The number of carbonyl (C=O) groups is 1. The van der Waals surface area contributed by atoms with Crippen molar-refractivity contribution in [3.8, 4) is 0 Å². The van der Waals surface area contributed by atoms with Crippen LogP contribution in [-0.2, 0) is 14.3 Å². The molecule has 148 valence electrons. The van der Waals surface area contributed by atoms with E-state index in [9.17, 15) is 4.79 Å². The van der Waals surface area contributed by atoms with E-state index in [2.05, 4.69) is 15.6 Å². The first-order chi connectivity index (χ1) is 12.6. The molecule has 3 fully saturated rings.